The summed E-state index contributed by atoms with van der Waals surface area (Å²) in [6.45, 7) is 6.06. The Labute approximate surface area is 210 Å². The summed E-state index contributed by atoms with van der Waals surface area (Å²) in [6, 6.07) is 23.2. The van der Waals surface area contributed by atoms with E-state index >= 15 is 0 Å². The van der Waals surface area contributed by atoms with Crippen LogP contribution in [0.25, 0.3) is 17.1 Å². The van der Waals surface area contributed by atoms with Gasteiger partial charge in [-0.3, -0.25) is 4.79 Å². The molecule has 4 aromatic rings. The van der Waals surface area contributed by atoms with E-state index in [-0.39, 0.29) is 5.57 Å². The maximum atomic E-state index is 12.8. The molecule has 0 aliphatic heterocycles. The topological polar surface area (TPSA) is 83.6 Å². The smallest absolute Gasteiger partial charge is 0.267 e. The minimum atomic E-state index is -0.488. The van der Waals surface area contributed by atoms with E-state index in [9.17, 15) is 10.1 Å². The summed E-state index contributed by atoms with van der Waals surface area (Å²) >= 11 is 4.50. The van der Waals surface area contributed by atoms with Crippen LogP contribution in [0.5, 0.6) is 0 Å². The van der Waals surface area contributed by atoms with E-state index in [0.717, 1.165) is 27.9 Å². The molecule has 3 aromatic carbocycles. The summed E-state index contributed by atoms with van der Waals surface area (Å²) in [5, 5.41) is 17.0. The highest BCUT2D eigenvalue weighted by Crippen LogP contribution is 2.23. The zero-order chi connectivity index (χ0) is 24.9. The number of aryl methyl sites for hydroxylation is 3. The first kappa shape index (κ1) is 24.0. The van der Waals surface area contributed by atoms with Crippen LogP contribution in [0.3, 0.4) is 0 Å². The van der Waals surface area contributed by atoms with E-state index < -0.39 is 5.91 Å². The third-order valence-electron chi connectivity index (χ3n) is 5.81. The molecule has 0 radical (unpaired) electrons. The van der Waals surface area contributed by atoms with Gasteiger partial charge in [0.25, 0.3) is 5.91 Å². The first-order valence-corrected chi connectivity index (χ1v) is 11.6. The zero-order valence-electron chi connectivity index (χ0n) is 19.8. The van der Waals surface area contributed by atoms with E-state index in [1.54, 1.807) is 23.1 Å². The normalized spacial score (nSPS) is 11.5. The fourth-order valence-electron chi connectivity index (χ4n) is 3.74. The van der Waals surface area contributed by atoms with Gasteiger partial charge >= 0.3 is 0 Å². The quantitative estimate of drug-likeness (QED) is 0.210. The van der Waals surface area contributed by atoms with Gasteiger partial charge in [-0.15, -0.1) is 17.7 Å². The number of allylic oxidation sites excluding steroid dienone is 1. The van der Waals surface area contributed by atoms with Crippen LogP contribution >= 0.6 is 12.6 Å². The second kappa shape index (κ2) is 10.4. The molecule has 0 spiro atoms. The maximum absolute atomic E-state index is 12.8. The number of nitriles is 1. The van der Waals surface area contributed by atoms with E-state index in [2.05, 4.69) is 28.0 Å². The second-order valence-electron chi connectivity index (χ2n) is 8.36. The van der Waals surface area contributed by atoms with Crippen LogP contribution in [0.2, 0.25) is 0 Å². The number of nitrogens with zero attached hydrogens (tertiary/aromatic N) is 4. The summed E-state index contributed by atoms with van der Waals surface area (Å²) < 4.78 is 1.72. The molecule has 35 heavy (non-hydrogen) atoms. The number of anilines is 1. The van der Waals surface area contributed by atoms with Gasteiger partial charge in [0.2, 0.25) is 0 Å². The molecule has 4 rings (SSSR count). The number of hydrogen-bond donors (Lipinski definition) is 2. The predicted molar refractivity (Wildman–Crippen MR) is 141 cm³/mol. The number of benzene rings is 3. The molecule has 0 atom stereocenters. The standard InChI is InChI=1S/C28H25N5OS/c1-18-7-13-23(14-8-18)33-17-30-27(32-33)21-9-11-22(12-10-21)31-28(34)25(16-29)26(35)15-24-19(2)5-4-6-20(24)3/h4-14,17,35H,15H2,1-3H3,(H,31,34)/b26-25-. The molecule has 0 saturated carbocycles. The summed E-state index contributed by atoms with van der Waals surface area (Å²) in [5.41, 5.74) is 6.76. The molecule has 1 aromatic heterocycles. The van der Waals surface area contributed by atoms with Crippen LogP contribution in [0.1, 0.15) is 22.3 Å². The van der Waals surface area contributed by atoms with E-state index in [1.165, 1.54) is 5.56 Å². The van der Waals surface area contributed by atoms with Crippen molar-refractivity contribution in [1.29, 1.82) is 5.26 Å². The zero-order valence-corrected chi connectivity index (χ0v) is 20.7. The summed E-state index contributed by atoms with van der Waals surface area (Å²) in [7, 11) is 0. The SMILES string of the molecule is Cc1ccc(-n2cnc(-c3ccc(NC(=O)/C(C#N)=C(\S)Cc4c(C)cccc4C)cc3)n2)cc1. The van der Waals surface area contributed by atoms with Crippen molar-refractivity contribution in [1.82, 2.24) is 14.8 Å². The van der Waals surface area contributed by atoms with E-state index in [0.29, 0.717) is 22.8 Å². The van der Waals surface area contributed by atoms with Crippen LogP contribution < -0.4 is 5.32 Å². The number of carbonyl (C=O) groups is 1. The van der Waals surface area contributed by atoms with Gasteiger partial charge in [-0.2, -0.15) is 5.26 Å². The third kappa shape index (κ3) is 5.51. The Balaban J connectivity index is 1.48. The third-order valence-corrected chi connectivity index (χ3v) is 6.19. The minimum absolute atomic E-state index is 0.00132. The number of nitrogens with one attached hydrogen (secondary N) is 1. The molecule has 1 heterocycles. The summed E-state index contributed by atoms with van der Waals surface area (Å²) in [6.07, 6.45) is 2.09. The van der Waals surface area contributed by atoms with Crippen molar-refractivity contribution in [2.75, 3.05) is 5.32 Å². The van der Waals surface area contributed by atoms with E-state index in [1.807, 2.05) is 81.4 Å². The first-order valence-electron chi connectivity index (χ1n) is 11.1. The van der Waals surface area contributed by atoms with Gasteiger partial charge in [-0.1, -0.05) is 35.9 Å². The molecular formula is C28H25N5OS. The molecule has 174 valence electrons. The molecule has 0 aliphatic rings. The van der Waals surface area contributed by atoms with Crippen molar-refractivity contribution in [3.63, 3.8) is 0 Å². The van der Waals surface area contributed by atoms with Crippen LogP contribution in [0.4, 0.5) is 5.69 Å². The molecule has 6 nitrogen and oxygen atoms in total. The molecule has 7 heteroatoms. The summed E-state index contributed by atoms with van der Waals surface area (Å²) in [4.78, 5) is 17.6. The Bertz CT molecular complexity index is 1420. The van der Waals surface area contributed by atoms with Gasteiger partial charge in [0.15, 0.2) is 5.82 Å². The Morgan fingerprint density at radius 2 is 1.66 bits per heavy atom. The Morgan fingerprint density at radius 1 is 1.00 bits per heavy atom. The Kier molecular flexibility index (Phi) is 7.14. The van der Waals surface area contributed by atoms with Crippen LogP contribution in [-0.4, -0.2) is 20.7 Å². The molecule has 0 bridgehead atoms. The lowest BCUT2D eigenvalue weighted by molar-refractivity contribution is -0.112. The highest BCUT2D eigenvalue weighted by molar-refractivity contribution is 7.84. The summed E-state index contributed by atoms with van der Waals surface area (Å²) in [5.74, 6) is 0.0885. The van der Waals surface area contributed by atoms with Crippen LogP contribution in [0.15, 0.2) is 83.5 Å². The molecule has 1 amide bonds. The number of thiol groups is 1. The second-order valence-corrected chi connectivity index (χ2v) is 8.90. The van der Waals surface area contributed by atoms with Crippen LogP contribution in [-0.2, 0) is 11.2 Å². The monoisotopic (exact) mass is 479 g/mol. The number of rotatable bonds is 6. The Morgan fingerprint density at radius 3 is 2.29 bits per heavy atom. The van der Waals surface area contributed by atoms with Gasteiger partial charge in [-0.05, 0) is 73.9 Å². The lowest BCUT2D eigenvalue weighted by Crippen LogP contribution is -2.15. The van der Waals surface area contributed by atoms with Crippen molar-refractivity contribution in [2.45, 2.75) is 27.2 Å². The van der Waals surface area contributed by atoms with Crippen molar-refractivity contribution in [3.8, 4) is 23.1 Å². The first-order chi connectivity index (χ1) is 16.9. The maximum Gasteiger partial charge on any atom is 0.267 e. The number of hydrogen-bond acceptors (Lipinski definition) is 5. The lowest BCUT2D eigenvalue weighted by atomic mass is 9.98. The van der Waals surface area contributed by atoms with Gasteiger partial charge < -0.3 is 5.32 Å². The number of aromatic nitrogens is 3. The predicted octanol–water partition coefficient (Wildman–Crippen LogP) is 5.75. The minimum Gasteiger partial charge on any atom is -0.321 e. The molecule has 0 saturated heterocycles. The Hall–Kier alpha value is -4.15. The van der Waals surface area contributed by atoms with Crippen molar-refractivity contribution >= 4 is 24.2 Å². The average Bonchev–Trinajstić information content (AvgIpc) is 3.33. The fourth-order valence-corrected chi connectivity index (χ4v) is 4.05. The van der Waals surface area contributed by atoms with E-state index in [4.69, 9.17) is 0 Å². The van der Waals surface area contributed by atoms with Gasteiger partial charge in [0, 0.05) is 22.6 Å². The number of amides is 1. The van der Waals surface area contributed by atoms with Gasteiger partial charge in [0.05, 0.1) is 5.69 Å². The number of carbonyl (C=O) groups excluding carboxylic acids is 1. The highest BCUT2D eigenvalue weighted by atomic mass is 32.1. The van der Waals surface area contributed by atoms with Crippen molar-refractivity contribution in [3.05, 3.63) is 106 Å². The van der Waals surface area contributed by atoms with Crippen molar-refractivity contribution in [2.24, 2.45) is 0 Å². The van der Waals surface area contributed by atoms with Gasteiger partial charge in [-0.25, -0.2) is 9.67 Å². The largest absolute Gasteiger partial charge is 0.321 e. The molecule has 1 N–H and O–H groups in total. The molecular weight excluding hydrogens is 454 g/mol. The van der Waals surface area contributed by atoms with Gasteiger partial charge in [0.1, 0.15) is 18.0 Å². The fraction of sp³-hybridized carbons (Fsp3) is 0.143. The molecule has 0 unspecified atom stereocenters. The van der Waals surface area contributed by atoms with Crippen molar-refractivity contribution < 1.29 is 4.79 Å². The highest BCUT2D eigenvalue weighted by Gasteiger charge is 2.16. The molecule has 0 aliphatic carbocycles. The van der Waals surface area contributed by atoms with Crippen LogP contribution in [0, 0.1) is 32.1 Å². The molecule has 0 fully saturated rings. The average molecular weight is 480 g/mol. The lowest BCUT2D eigenvalue weighted by Gasteiger charge is -2.11.